The molecule has 1 aliphatic rings. The number of benzene rings is 2. The predicted octanol–water partition coefficient (Wildman–Crippen LogP) is 4.50. The van der Waals surface area contributed by atoms with E-state index in [0.29, 0.717) is 0 Å². The number of halogens is 1. The molecule has 0 aliphatic heterocycles. The molecule has 0 saturated heterocycles. The van der Waals surface area contributed by atoms with Crippen LogP contribution >= 0.6 is 11.6 Å². The second-order valence-corrected chi connectivity index (χ2v) is 9.93. The van der Waals surface area contributed by atoms with Gasteiger partial charge in [0.1, 0.15) is 5.75 Å². The quantitative estimate of drug-likeness (QED) is 0.650. The van der Waals surface area contributed by atoms with Crippen molar-refractivity contribution >= 4 is 33.2 Å². The van der Waals surface area contributed by atoms with Crippen molar-refractivity contribution in [3.8, 4) is 5.75 Å². The molecule has 0 spiro atoms. The van der Waals surface area contributed by atoms with Crippen LogP contribution in [-0.2, 0) is 14.8 Å². The molecule has 3 rings (SSSR count). The van der Waals surface area contributed by atoms with Crippen LogP contribution in [0.1, 0.15) is 42.4 Å². The zero-order valence-electron chi connectivity index (χ0n) is 17.4. The van der Waals surface area contributed by atoms with Crippen LogP contribution in [-0.4, -0.2) is 27.0 Å². The zero-order chi connectivity index (χ0) is 21.9. The molecule has 0 bridgehead atoms. The van der Waals surface area contributed by atoms with E-state index >= 15 is 0 Å². The van der Waals surface area contributed by atoms with Gasteiger partial charge in [0, 0.05) is 11.7 Å². The van der Waals surface area contributed by atoms with Crippen molar-refractivity contribution < 1.29 is 17.9 Å². The molecule has 1 fully saturated rings. The summed E-state index contributed by atoms with van der Waals surface area (Å²) in [5.74, 6) is -0.0651. The van der Waals surface area contributed by atoms with Crippen molar-refractivity contribution in [2.45, 2.75) is 57.4 Å². The molecule has 2 aromatic rings. The molecule has 8 heteroatoms. The van der Waals surface area contributed by atoms with Gasteiger partial charge in [-0.15, -0.1) is 0 Å². The van der Waals surface area contributed by atoms with Crippen molar-refractivity contribution in [3.05, 3.63) is 52.0 Å². The monoisotopic (exact) mass is 450 g/mol. The molecule has 162 valence electrons. The average molecular weight is 451 g/mol. The Labute approximate surface area is 183 Å². The average Bonchev–Trinajstić information content (AvgIpc) is 3.15. The van der Waals surface area contributed by atoms with Gasteiger partial charge in [-0.2, -0.15) is 0 Å². The molecule has 2 N–H and O–H groups in total. The molecule has 1 amide bonds. The van der Waals surface area contributed by atoms with Gasteiger partial charge in [-0.05, 0) is 62.9 Å². The first-order chi connectivity index (χ1) is 14.2. The van der Waals surface area contributed by atoms with Crippen LogP contribution in [0.4, 0.5) is 5.69 Å². The van der Waals surface area contributed by atoms with E-state index in [4.69, 9.17) is 16.3 Å². The molecule has 2 aromatic carbocycles. The number of hydrogen-bond donors (Lipinski definition) is 2. The molecule has 1 aliphatic carbocycles. The number of anilines is 1. The smallest absolute Gasteiger partial charge is 0.262 e. The molecule has 1 saturated carbocycles. The number of hydrogen-bond acceptors (Lipinski definition) is 4. The highest BCUT2D eigenvalue weighted by atomic mass is 35.5. The van der Waals surface area contributed by atoms with Gasteiger partial charge in [0.15, 0.2) is 6.61 Å². The highest BCUT2D eigenvalue weighted by molar-refractivity contribution is 7.89. The number of amides is 1. The molecule has 0 unspecified atom stereocenters. The maximum Gasteiger partial charge on any atom is 0.262 e. The Balaban J connectivity index is 1.63. The largest absolute Gasteiger partial charge is 0.482 e. The summed E-state index contributed by atoms with van der Waals surface area (Å²) in [6.07, 6.45) is 3.77. The third-order valence-corrected chi connectivity index (χ3v) is 7.00. The molecule has 0 atom stereocenters. The standard InChI is InChI=1S/C22H27ClN2O4S/c1-14-10-15(2)22(16(3)11-14)24-21(26)13-29-20-9-8-18(12-19(20)23)30(27,28)25-17-6-4-5-7-17/h8-12,17,25H,4-7,13H2,1-3H3,(H,24,26). The third kappa shape index (κ3) is 5.53. The SMILES string of the molecule is Cc1cc(C)c(NC(=O)COc2ccc(S(=O)(=O)NC3CCCC3)cc2Cl)c(C)c1. The second-order valence-electron chi connectivity index (χ2n) is 7.81. The fourth-order valence-corrected chi connectivity index (χ4v) is 5.42. The fraction of sp³-hybridized carbons (Fsp3) is 0.409. The molecular weight excluding hydrogens is 424 g/mol. The van der Waals surface area contributed by atoms with Crippen LogP contribution in [0.3, 0.4) is 0 Å². The number of sulfonamides is 1. The van der Waals surface area contributed by atoms with Crippen molar-refractivity contribution in [3.63, 3.8) is 0 Å². The van der Waals surface area contributed by atoms with Gasteiger partial charge >= 0.3 is 0 Å². The van der Waals surface area contributed by atoms with Crippen molar-refractivity contribution in [2.75, 3.05) is 11.9 Å². The van der Waals surface area contributed by atoms with Crippen LogP contribution in [0.15, 0.2) is 35.2 Å². The topological polar surface area (TPSA) is 84.5 Å². The number of carbonyl (C=O) groups excluding carboxylic acids is 1. The fourth-order valence-electron chi connectivity index (χ4n) is 3.79. The number of nitrogens with one attached hydrogen (secondary N) is 2. The van der Waals surface area contributed by atoms with Gasteiger partial charge in [0.25, 0.3) is 5.91 Å². The Hall–Kier alpha value is -2.09. The Bertz CT molecular complexity index is 1020. The molecule has 0 heterocycles. The number of aryl methyl sites for hydroxylation is 3. The van der Waals surface area contributed by atoms with E-state index in [2.05, 4.69) is 10.0 Å². The minimum Gasteiger partial charge on any atom is -0.482 e. The lowest BCUT2D eigenvalue weighted by atomic mass is 10.1. The summed E-state index contributed by atoms with van der Waals surface area (Å²) in [5, 5.41) is 3.00. The Morgan fingerprint density at radius 3 is 2.33 bits per heavy atom. The van der Waals surface area contributed by atoms with E-state index in [0.717, 1.165) is 48.1 Å². The summed E-state index contributed by atoms with van der Waals surface area (Å²) >= 11 is 6.21. The molecule has 0 aromatic heterocycles. The highest BCUT2D eigenvalue weighted by Gasteiger charge is 2.23. The van der Waals surface area contributed by atoms with E-state index < -0.39 is 10.0 Å². The normalized spacial score (nSPS) is 14.7. The number of rotatable bonds is 7. The predicted molar refractivity (Wildman–Crippen MR) is 119 cm³/mol. The van der Waals surface area contributed by atoms with Gasteiger partial charge in [-0.3, -0.25) is 4.79 Å². The molecular formula is C22H27ClN2O4S. The maximum absolute atomic E-state index is 12.5. The minimum absolute atomic E-state index is 0.0258. The van der Waals surface area contributed by atoms with Gasteiger partial charge in [0.05, 0.1) is 9.92 Å². The lowest BCUT2D eigenvalue weighted by molar-refractivity contribution is -0.118. The van der Waals surface area contributed by atoms with Crippen LogP contribution in [0.2, 0.25) is 5.02 Å². The summed E-state index contributed by atoms with van der Waals surface area (Å²) in [6.45, 7) is 5.64. The van der Waals surface area contributed by atoms with Crippen molar-refractivity contribution in [1.29, 1.82) is 0 Å². The summed E-state index contributed by atoms with van der Waals surface area (Å²) in [7, 11) is -3.64. The summed E-state index contributed by atoms with van der Waals surface area (Å²) in [4.78, 5) is 12.4. The first-order valence-corrected chi connectivity index (χ1v) is 11.8. The zero-order valence-corrected chi connectivity index (χ0v) is 19.0. The maximum atomic E-state index is 12.5. The van der Waals surface area contributed by atoms with Crippen LogP contribution in [0, 0.1) is 20.8 Å². The van der Waals surface area contributed by atoms with Gasteiger partial charge in [0.2, 0.25) is 10.0 Å². The Kier molecular flexibility index (Phi) is 7.06. The minimum atomic E-state index is -3.64. The van der Waals surface area contributed by atoms with Crippen molar-refractivity contribution in [2.24, 2.45) is 0 Å². The lowest BCUT2D eigenvalue weighted by Gasteiger charge is -2.15. The van der Waals surface area contributed by atoms with Crippen LogP contribution < -0.4 is 14.8 Å². The van der Waals surface area contributed by atoms with E-state index in [1.54, 1.807) is 0 Å². The van der Waals surface area contributed by atoms with E-state index in [1.165, 1.54) is 18.2 Å². The molecule has 30 heavy (non-hydrogen) atoms. The molecule has 0 radical (unpaired) electrons. The summed E-state index contributed by atoms with van der Waals surface area (Å²) < 4.78 is 33.3. The van der Waals surface area contributed by atoms with Gasteiger partial charge in [-0.25, -0.2) is 13.1 Å². The van der Waals surface area contributed by atoms with E-state index in [-0.39, 0.29) is 34.2 Å². The summed E-state index contributed by atoms with van der Waals surface area (Å²) in [5.41, 5.74) is 3.84. The van der Waals surface area contributed by atoms with Crippen LogP contribution in [0.25, 0.3) is 0 Å². The molecule has 6 nitrogen and oxygen atoms in total. The van der Waals surface area contributed by atoms with Gasteiger partial charge < -0.3 is 10.1 Å². The first-order valence-electron chi connectivity index (χ1n) is 9.98. The second kappa shape index (κ2) is 9.37. The van der Waals surface area contributed by atoms with E-state index in [9.17, 15) is 13.2 Å². The van der Waals surface area contributed by atoms with Crippen LogP contribution in [0.5, 0.6) is 5.75 Å². The highest BCUT2D eigenvalue weighted by Crippen LogP contribution is 2.28. The Morgan fingerprint density at radius 1 is 1.10 bits per heavy atom. The summed E-state index contributed by atoms with van der Waals surface area (Å²) in [6, 6.07) is 8.23. The van der Waals surface area contributed by atoms with Gasteiger partial charge in [-0.1, -0.05) is 42.1 Å². The third-order valence-electron chi connectivity index (χ3n) is 5.19. The lowest BCUT2D eigenvalue weighted by Crippen LogP contribution is -2.32. The van der Waals surface area contributed by atoms with Crippen molar-refractivity contribution in [1.82, 2.24) is 4.72 Å². The first kappa shape index (κ1) is 22.6. The Morgan fingerprint density at radius 2 is 1.73 bits per heavy atom. The van der Waals surface area contributed by atoms with E-state index in [1.807, 2.05) is 32.9 Å². The number of ether oxygens (including phenoxy) is 1. The number of carbonyl (C=O) groups is 1.